The van der Waals surface area contributed by atoms with Crippen molar-refractivity contribution >= 4 is 27.3 Å². The first-order valence-corrected chi connectivity index (χ1v) is 6.87. The van der Waals surface area contributed by atoms with E-state index in [-0.39, 0.29) is 5.82 Å². The second kappa shape index (κ2) is 6.06. The minimum absolute atomic E-state index is 0.335. The molecule has 0 atom stereocenters. The van der Waals surface area contributed by atoms with Crippen LogP contribution >= 0.6 is 15.9 Å². The van der Waals surface area contributed by atoms with Crippen LogP contribution in [-0.2, 0) is 6.42 Å². The molecule has 0 aliphatic carbocycles. The highest BCUT2D eigenvalue weighted by atomic mass is 79.9. The zero-order valence-electron chi connectivity index (χ0n) is 10.7. The average Bonchev–Trinajstić information content (AvgIpc) is 2.41. The summed E-state index contributed by atoms with van der Waals surface area (Å²) in [6, 6.07) is 13.3. The van der Waals surface area contributed by atoms with Crippen molar-refractivity contribution < 1.29 is 4.39 Å². The topological polar surface area (TPSA) is 29.3 Å². The molecule has 0 spiro atoms. The van der Waals surface area contributed by atoms with E-state index in [1.54, 1.807) is 6.07 Å². The van der Waals surface area contributed by atoms with Crippen LogP contribution in [0.4, 0.5) is 15.8 Å². The lowest BCUT2D eigenvalue weighted by Gasteiger charge is -2.21. The van der Waals surface area contributed by atoms with E-state index in [0.717, 1.165) is 18.7 Å². The summed E-state index contributed by atoms with van der Waals surface area (Å²) in [5.74, 6) is -0.335. The number of hydrogen-bond donors (Lipinski definition) is 1. The van der Waals surface area contributed by atoms with Crippen LogP contribution in [0.5, 0.6) is 0 Å². The van der Waals surface area contributed by atoms with Crippen LogP contribution in [0.2, 0.25) is 0 Å². The number of likely N-dealkylation sites (N-methyl/N-ethyl adjacent to an activating group) is 1. The Bertz CT molecular complexity index is 558. The van der Waals surface area contributed by atoms with Gasteiger partial charge in [-0.3, -0.25) is 0 Å². The van der Waals surface area contributed by atoms with E-state index in [2.05, 4.69) is 28.1 Å². The quantitative estimate of drug-likeness (QED) is 0.866. The number of benzene rings is 2. The Balaban J connectivity index is 2.08. The summed E-state index contributed by atoms with van der Waals surface area (Å²) in [5.41, 5.74) is 8.42. The number of halogens is 2. The van der Waals surface area contributed by atoms with Gasteiger partial charge in [-0.2, -0.15) is 0 Å². The highest BCUT2D eigenvalue weighted by Gasteiger charge is 2.09. The Morgan fingerprint density at radius 1 is 1.21 bits per heavy atom. The van der Waals surface area contributed by atoms with Crippen LogP contribution in [-0.4, -0.2) is 13.6 Å². The average molecular weight is 323 g/mol. The van der Waals surface area contributed by atoms with E-state index < -0.39 is 0 Å². The molecule has 0 radical (unpaired) electrons. The Labute approximate surface area is 121 Å². The predicted octanol–water partition coefficient (Wildman–Crippen LogP) is 3.85. The molecule has 100 valence electrons. The Morgan fingerprint density at radius 3 is 2.58 bits per heavy atom. The molecule has 0 bridgehead atoms. The van der Waals surface area contributed by atoms with Gasteiger partial charge in [0.15, 0.2) is 0 Å². The lowest BCUT2D eigenvalue weighted by atomic mass is 10.1. The second-order valence-electron chi connectivity index (χ2n) is 4.48. The van der Waals surface area contributed by atoms with Crippen LogP contribution in [0.15, 0.2) is 46.9 Å². The minimum atomic E-state index is -0.335. The third-order valence-electron chi connectivity index (χ3n) is 3.06. The highest BCUT2D eigenvalue weighted by Crippen LogP contribution is 2.29. The van der Waals surface area contributed by atoms with Gasteiger partial charge in [0.1, 0.15) is 5.82 Å². The molecule has 0 aromatic heterocycles. The predicted molar refractivity (Wildman–Crippen MR) is 81.9 cm³/mol. The van der Waals surface area contributed by atoms with Gasteiger partial charge in [-0.05, 0) is 34.0 Å². The van der Waals surface area contributed by atoms with Gasteiger partial charge < -0.3 is 10.6 Å². The van der Waals surface area contributed by atoms with Gasteiger partial charge >= 0.3 is 0 Å². The van der Waals surface area contributed by atoms with Crippen LogP contribution in [0.1, 0.15) is 5.56 Å². The molecule has 0 saturated heterocycles. The van der Waals surface area contributed by atoms with Crippen molar-refractivity contribution in [2.75, 3.05) is 24.2 Å². The number of nitrogens with two attached hydrogens (primary N) is 1. The summed E-state index contributed by atoms with van der Waals surface area (Å²) >= 11 is 3.19. The molecule has 0 amide bonds. The summed E-state index contributed by atoms with van der Waals surface area (Å²) < 4.78 is 13.8. The molecule has 2 aromatic rings. The first kappa shape index (κ1) is 13.9. The lowest BCUT2D eigenvalue weighted by Crippen LogP contribution is -2.21. The van der Waals surface area contributed by atoms with Crippen molar-refractivity contribution in [1.29, 1.82) is 0 Å². The van der Waals surface area contributed by atoms with E-state index in [1.807, 2.05) is 30.1 Å². The summed E-state index contributed by atoms with van der Waals surface area (Å²) in [4.78, 5) is 2.03. The van der Waals surface area contributed by atoms with Gasteiger partial charge in [-0.15, -0.1) is 0 Å². The van der Waals surface area contributed by atoms with E-state index in [1.165, 1.54) is 11.6 Å². The molecule has 2 nitrogen and oxygen atoms in total. The molecule has 2 aromatic carbocycles. The van der Waals surface area contributed by atoms with Crippen LogP contribution in [0, 0.1) is 5.82 Å². The largest absolute Gasteiger partial charge is 0.397 e. The standard InChI is InChI=1S/C15H16BrFN2/c1-19(8-7-11-5-3-2-4-6-11)15-9-12(16)13(17)10-14(15)18/h2-6,9-10H,7-8,18H2,1H3. The third kappa shape index (κ3) is 3.47. The maximum atomic E-state index is 13.3. The number of nitrogens with zero attached hydrogens (tertiary/aromatic N) is 1. The normalized spacial score (nSPS) is 10.5. The Kier molecular flexibility index (Phi) is 4.43. The van der Waals surface area contributed by atoms with E-state index in [0.29, 0.717) is 10.2 Å². The van der Waals surface area contributed by atoms with E-state index in [9.17, 15) is 4.39 Å². The summed E-state index contributed by atoms with van der Waals surface area (Å²) in [6.45, 7) is 0.826. The van der Waals surface area contributed by atoms with Crippen molar-refractivity contribution in [3.63, 3.8) is 0 Å². The second-order valence-corrected chi connectivity index (χ2v) is 5.34. The maximum Gasteiger partial charge on any atom is 0.139 e. The molecule has 0 unspecified atom stereocenters. The minimum Gasteiger partial charge on any atom is -0.397 e. The summed E-state index contributed by atoms with van der Waals surface area (Å²) in [7, 11) is 1.96. The van der Waals surface area contributed by atoms with Crippen molar-refractivity contribution in [2.45, 2.75) is 6.42 Å². The SMILES string of the molecule is CN(CCc1ccccc1)c1cc(Br)c(F)cc1N. The third-order valence-corrected chi connectivity index (χ3v) is 3.67. The zero-order valence-corrected chi connectivity index (χ0v) is 12.3. The summed E-state index contributed by atoms with van der Waals surface area (Å²) in [6.07, 6.45) is 0.922. The summed E-state index contributed by atoms with van der Waals surface area (Å²) in [5, 5.41) is 0. The van der Waals surface area contributed by atoms with E-state index >= 15 is 0 Å². The molecule has 19 heavy (non-hydrogen) atoms. The lowest BCUT2D eigenvalue weighted by molar-refractivity contribution is 0.621. The first-order valence-electron chi connectivity index (χ1n) is 6.07. The number of rotatable bonds is 4. The number of nitrogen functional groups attached to an aromatic ring is 1. The van der Waals surface area contributed by atoms with Crippen LogP contribution < -0.4 is 10.6 Å². The smallest absolute Gasteiger partial charge is 0.139 e. The molecular weight excluding hydrogens is 307 g/mol. The first-order chi connectivity index (χ1) is 9.08. The van der Waals surface area contributed by atoms with Crippen molar-refractivity contribution in [3.05, 3.63) is 58.3 Å². The monoisotopic (exact) mass is 322 g/mol. The van der Waals surface area contributed by atoms with Gasteiger partial charge in [-0.25, -0.2) is 4.39 Å². The number of anilines is 2. The molecule has 0 saturated carbocycles. The van der Waals surface area contributed by atoms with Gasteiger partial charge in [0, 0.05) is 19.7 Å². The van der Waals surface area contributed by atoms with Gasteiger partial charge in [-0.1, -0.05) is 30.3 Å². The molecule has 0 aliphatic rings. The molecular formula is C15H16BrFN2. The van der Waals surface area contributed by atoms with Crippen molar-refractivity contribution in [2.24, 2.45) is 0 Å². The number of hydrogen-bond acceptors (Lipinski definition) is 2. The molecule has 0 aliphatic heterocycles. The fourth-order valence-corrected chi connectivity index (χ4v) is 2.28. The van der Waals surface area contributed by atoms with Gasteiger partial charge in [0.2, 0.25) is 0 Å². The fourth-order valence-electron chi connectivity index (χ4n) is 1.94. The fraction of sp³-hybridized carbons (Fsp3) is 0.200. The van der Waals surface area contributed by atoms with Crippen LogP contribution in [0.25, 0.3) is 0 Å². The van der Waals surface area contributed by atoms with Crippen molar-refractivity contribution in [3.8, 4) is 0 Å². The van der Waals surface area contributed by atoms with Gasteiger partial charge in [0.05, 0.1) is 15.8 Å². The molecule has 4 heteroatoms. The van der Waals surface area contributed by atoms with Crippen LogP contribution in [0.3, 0.4) is 0 Å². The Morgan fingerprint density at radius 2 is 1.89 bits per heavy atom. The highest BCUT2D eigenvalue weighted by molar-refractivity contribution is 9.10. The zero-order chi connectivity index (χ0) is 13.8. The van der Waals surface area contributed by atoms with Crippen molar-refractivity contribution in [1.82, 2.24) is 0 Å². The van der Waals surface area contributed by atoms with Gasteiger partial charge in [0.25, 0.3) is 0 Å². The molecule has 2 rings (SSSR count). The Hall–Kier alpha value is -1.55. The van der Waals surface area contributed by atoms with E-state index in [4.69, 9.17) is 5.73 Å². The molecule has 0 heterocycles. The maximum absolute atomic E-state index is 13.3. The molecule has 0 fully saturated rings. The molecule has 2 N–H and O–H groups in total.